The second-order valence-corrected chi connectivity index (χ2v) is 11.5. The Balaban J connectivity index is 1.86. The van der Waals surface area contributed by atoms with Gasteiger partial charge in [-0.1, -0.05) is 121 Å². The van der Waals surface area contributed by atoms with E-state index in [9.17, 15) is 0 Å². The molecule has 0 nitrogen and oxygen atoms in total. The van der Waals surface area contributed by atoms with Gasteiger partial charge in [-0.05, 0) is 32.9 Å². The molecule has 1 aliphatic rings. The fourth-order valence-corrected chi connectivity index (χ4v) is 9.04. The molecule has 0 spiro atoms. The van der Waals surface area contributed by atoms with Crippen LogP contribution in [0.25, 0.3) is 11.1 Å². The van der Waals surface area contributed by atoms with Crippen LogP contribution in [0, 0.1) is 0 Å². The van der Waals surface area contributed by atoms with Crippen molar-refractivity contribution in [1.82, 2.24) is 0 Å². The van der Waals surface area contributed by atoms with Crippen molar-refractivity contribution < 1.29 is 0 Å². The molecule has 4 aromatic carbocycles. The lowest BCUT2D eigenvalue weighted by Crippen LogP contribution is -2.20. The van der Waals surface area contributed by atoms with E-state index in [0.29, 0.717) is 0 Å². The summed E-state index contributed by atoms with van der Waals surface area (Å²) in [7, 11) is 0. The second-order valence-electron chi connectivity index (χ2n) is 6.91. The number of rotatable bonds is 3. The number of hydrogen-bond donors (Lipinski definition) is 0. The Labute approximate surface area is 165 Å². The molecule has 5 rings (SSSR count). The maximum atomic E-state index is 6.66. The molecule has 27 heavy (non-hydrogen) atoms. The molecule has 0 saturated heterocycles. The van der Waals surface area contributed by atoms with Gasteiger partial charge in [0.1, 0.15) is 0 Å². The van der Waals surface area contributed by atoms with Crippen LogP contribution in [0.3, 0.4) is 0 Å². The van der Waals surface area contributed by atoms with E-state index >= 15 is 0 Å². The van der Waals surface area contributed by atoms with E-state index in [0.717, 1.165) is 0 Å². The first-order valence-electron chi connectivity index (χ1n) is 9.19. The van der Waals surface area contributed by atoms with Crippen LogP contribution in [0.4, 0.5) is 0 Å². The molecule has 0 aliphatic heterocycles. The Morgan fingerprint density at radius 3 is 1.30 bits per heavy atom. The third-order valence-electron chi connectivity index (χ3n) is 5.44. The van der Waals surface area contributed by atoms with Crippen molar-refractivity contribution in [3.05, 3.63) is 120 Å². The van der Waals surface area contributed by atoms with Crippen LogP contribution in [0.15, 0.2) is 109 Å². The molecule has 0 heterocycles. The van der Waals surface area contributed by atoms with Gasteiger partial charge in [0.2, 0.25) is 0 Å². The predicted molar refractivity (Wildman–Crippen MR) is 120 cm³/mol. The van der Waals surface area contributed by atoms with E-state index in [-0.39, 0.29) is 5.66 Å². The van der Waals surface area contributed by atoms with Crippen molar-refractivity contribution in [3.8, 4) is 11.1 Å². The summed E-state index contributed by atoms with van der Waals surface area (Å²) in [5.74, 6) is 0. The van der Waals surface area contributed by atoms with E-state index < -0.39 is 6.04 Å². The second kappa shape index (κ2) is 6.60. The van der Waals surface area contributed by atoms with Crippen LogP contribution < -0.4 is 10.6 Å². The van der Waals surface area contributed by atoms with Crippen molar-refractivity contribution in [2.24, 2.45) is 0 Å². The Morgan fingerprint density at radius 2 is 0.852 bits per heavy atom. The SMILES string of the molecule is S=P(c1ccccc1)(c1ccccc1)C1c2ccccc2-c2ccccc21. The fourth-order valence-electron chi connectivity index (χ4n) is 4.27. The zero-order valence-electron chi connectivity index (χ0n) is 14.8. The molecule has 130 valence electrons. The highest BCUT2D eigenvalue weighted by Crippen LogP contribution is 2.65. The molecule has 0 aromatic heterocycles. The summed E-state index contributed by atoms with van der Waals surface area (Å²) in [4.78, 5) is 0. The van der Waals surface area contributed by atoms with E-state index in [1.165, 1.54) is 32.9 Å². The standard InChI is InChI=1S/C25H19PS/c27-26(19-11-3-1-4-12-19,20-13-5-2-6-14-20)25-23-17-9-7-15-21(23)22-16-8-10-18-24(22)25/h1-18,25H. The summed E-state index contributed by atoms with van der Waals surface area (Å²) in [5.41, 5.74) is 5.62. The summed E-state index contributed by atoms with van der Waals surface area (Å²) < 4.78 is 0. The van der Waals surface area contributed by atoms with E-state index in [1.54, 1.807) is 0 Å². The van der Waals surface area contributed by atoms with Crippen LogP contribution in [0.2, 0.25) is 0 Å². The monoisotopic (exact) mass is 382 g/mol. The quantitative estimate of drug-likeness (QED) is 0.398. The van der Waals surface area contributed by atoms with Crippen LogP contribution >= 0.6 is 6.04 Å². The Kier molecular flexibility index (Phi) is 4.08. The minimum atomic E-state index is -2.10. The van der Waals surface area contributed by atoms with Crippen LogP contribution in [-0.2, 0) is 11.8 Å². The first-order valence-corrected chi connectivity index (χ1v) is 12.1. The average molecular weight is 382 g/mol. The maximum Gasteiger partial charge on any atom is 0.0469 e. The third-order valence-corrected chi connectivity index (χ3v) is 10.8. The zero-order valence-corrected chi connectivity index (χ0v) is 16.5. The topological polar surface area (TPSA) is 0 Å². The molecule has 0 atom stereocenters. The Hall–Kier alpha value is -2.47. The highest BCUT2D eigenvalue weighted by Gasteiger charge is 2.40. The molecule has 1 aliphatic carbocycles. The average Bonchev–Trinajstić information content (AvgIpc) is 3.09. The molecule has 0 amide bonds. The summed E-state index contributed by atoms with van der Waals surface area (Å²) in [5, 5.41) is 2.56. The molecule has 0 unspecified atom stereocenters. The fraction of sp³-hybridized carbons (Fsp3) is 0.0400. The van der Waals surface area contributed by atoms with E-state index in [1.807, 2.05) is 0 Å². The van der Waals surface area contributed by atoms with Gasteiger partial charge in [-0.25, -0.2) is 0 Å². The van der Waals surface area contributed by atoms with Gasteiger partial charge in [0.05, 0.1) is 0 Å². The van der Waals surface area contributed by atoms with Crippen LogP contribution in [-0.4, -0.2) is 0 Å². The lowest BCUT2D eigenvalue weighted by atomic mass is 10.1. The molecule has 0 bridgehead atoms. The first-order chi connectivity index (χ1) is 13.3. The third kappa shape index (κ3) is 2.54. The largest absolute Gasteiger partial charge is 0.0866 e. The van der Waals surface area contributed by atoms with Crippen LogP contribution in [0.1, 0.15) is 16.8 Å². The van der Waals surface area contributed by atoms with Crippen molar-refractivity contribution in [3.63, 3.8) is 0 Å². The highest BCUT2D eigenvalue weighted by molar-refractivity contribution is 8.22. The summed E-state index contributed by atoms with van der Waals surface area (Å²) in [6.07, 6.45) is 0. The number of fused-ring (bicyclic) bond motifs is 3. The Morgan fingerprint density at radius 1 is 0.481 bits per heavy atom. The maximum absolute atomic E-state index is 6.66. The van der Waals surface area contributed by atoms with Gasteiger partial charge in [0.25, 0.3) is 0 Å². The zero-order chi connectivity index (χ0) is 18.3. The highest BCUT2D eigenvalue weighted by atomic mass is 32.4. The molecule has 4 aromatic rings. The smallest absolute Gasteiger partial charge is 0.0469 e. The summed E-state index contributed by atoms with van der Waals surface area (Å²) >= 11 is 6.66. The summed E-state index contributed by atoms with van der Waals surface area (Å²) in [6, 6.07) is 37.0. The van der Waals surface area contributed by atoms with Gasteiger partial charge >= 0.3 is 0 Å². The molecule has 0 fully saturated rings. The Bertz CT molecular complexity index is 1060. The number of hydrogen-bond acceptors (Lipinski definition) is 1. The first kappa shape index (κ1) is 16.7. The lowest BCUT2D eigenvalue weighted by molar-refractivity contribution is 1.20. The van der Waals surface area contributed by atoms with Gasteiger partial charge in [-0.2, -0.15) is 0 Å². The molecule has 2 heteroatoms. The molecule has 0 N–H and O–H groups in total. The van der Waals surface area contributed by atoms with Crippen molar-refractivity contribution >= 4 is 28.5 Å². The van der Waals surface area contributed by atoms with Crippen LogP contribution in [0.5, 0.6) is 0 Å². The van der Waals surface area contributed by atoms with Gasteiger partial charge in [0.15, 0.2) is 0 Å². The van der Waals surface area contributed by atoms with E-state index in [4.69, 9.17) is 11.8 Å². The number of benzene rings is 4. The molecular weight excluding hydrogens is 363 g/mol. The van der Waals surface area contributed by atoms with Crippen molar-refractivity contribution in [1.29, 1.82) is 0 Å². The van der Waals surface area contributed by atoms with Gasteiger partial charge < -0.3 is 0 Å². The predicted octanol–water partition coefficient (Wildman–Crippen LogP) is 5.89. The molecule has 0 saturated carbocycles. The minimum Gasteiger partial charge on any atom is -0.0866 e. The lowest BCUT2D eigenvalue weighted by Gasteiger charge is -2.31. The molecule has 0 radical (unpaired) electrons. The van der Waals surface area contributed by atoms with E-state index in [2.05, 4.69) is 109 Å². The van der Waals surface area contributed by atoms with Crippen molar-refractivity contribution in [2.75, 3.05) is 0 Å². The van der Waals surface area contributed by atoms with Gasteiger partial charge in [-0.3, -0.25) is 0 Å². The van der Waals surface area contributed by atoms with Gasteiger partial charge in [-0.15, -0.1) is 0 Å². The normalized spacial score (nSPS) is 13.2. The van der Waals surface area contributed by atoms with Gasteiger partial charge in [0, 0.05) is 11.7 Å². The molecular formula is C25H19PS. The summed E-state index contributed by atoms with van der Waals surface area (Å²) in [6.45, 7) is 0. The minimum absolute atomic E-state index is 0.213. The van der Waals surface area contributed by atoms with Crippen molar-refractivity contribution in [2.45, 2.75) is 5.66 Å².